The zero-order chi connectivity index (χ0) is 18.2. The summed E-state index contributed by atoms with van der Waals surface area (Å²) in [6, 6.07) is 11.5. The Morgan fingerprint density at radius 3 is 2.60 bits per heavy atom. The molecule has 0 saturated carbocycles. The number of anilines is 1. The molecule has 0 aliphatic rings. The Kier molecular flexibility index (Phi) is 6.45. The van der Waals surface area contributed by atoms with E-state index in [4.69, 9.17) is 15.2 Å². The van der Waals surface area contributed by atoms with Crippen LogP contribution in [-0.4, -0.2) is 39.3 Å². The molecule has 0 aliphatic carbocycles. The summed E-state index contributed by atoms with van der Waals surface area (Å²) in [5.41, 5.74) is 7.82. The first-order valence-corrected chi connectivity index (χ1v) is 7.91. The zero-order valence-corrected chi connectivity index (χ0v) is 15.1. The van der Waals surface area contributed by atoms with Gasteiger partial charge in [-0.3, -0.25) is 0 Å². The average Bonchev–Trinajstić information content (AvgIpc) is 2.64. The number of ether oxygens (including phenoxy) is 2. The SMILES string of the molecule is COc1ccc(CN=C(N)NCc2cccc(N(C)C)n2)cc1OC. The van der Waals surface area contributed by atoms with E-state index in [1.54, 1.807) is 14.2 Å². The number of guanidine groups is 1. The molecule has 0 atom stereocenters. The summed E-state index contributed by atoms with van der Waals surface area (Å²) in [5.74, 6) is 2.63. The third-order valence-corrected chi connectivity index (χ3v) is 3.58. The van der Waals surface area contributed by atoms with E-state index < -0.39 is 0 Å². The van der Waals surface area contributed by atoms with Crippen molar-refractivity contribution in [1.29, 1.82) is 0 Å². The van der Waals surface area contributed by atoms with Crippen molar-refractivity contribution in [1.82, 2.24) is 10.3 Å². The van der Waals surface area contributed by atoms with E-state index >= 15 is 0 Å². The van der Waals surface area contributed by atoms with E-state index in [1.165, 1.54) is 0 Å². The topological polar surface area (TPSA) is 85.0 Å². The first kappa shape index (κ1) is 18.4. The number of hydrogen-bond acceptors (Lipinski definition) is 5. The van der Waals surface area contributed by atoms with Crippen LogP contribution in [0, 0.1) is 0 Å². The highest BCUT2D eigenvalue weighted by atomic mass is 16.5. The molecule has 7 nitrogen and oxygen atoms in total. The minimum atomic E-state index is 0.367. The zero-order valence-electron chi connectivity index (χ0n) is 15.1. The predicted molar refractivity (Wildman–Crippen MR) is 100 cm³/mol. The number of benzene rings is 1. The van der Waals surface area contributed by atoms with Crippen LogP contribution >= 0.6 is 0 Å². The van der Waals surface area contributed by atoms with E-state index in [0.29, 0.717) is 30.5 Å². The third-order valence-electron chi connectivity index (χ3n) is 3.58. The van der Waals surface area contributed by atoms with Crippen molar-refractivity contribution in [2.75, 3.05) is 33.2 Å². The van der Waals surface area contributed by atoms with E-state index in [2.05, 4.69) is 15.3 Å². The molecule has 0 aliphatic heterocycles. The van der Waals surface area contributed by atoms with Crippen molar-refractivity contribution >= 4 is 11.8 Å². The van der Waals surface area contributed by atoms with Gasteiger partial charge in [-0.2, -0.15) is 0 Å². The lowest BCUT2D eigenvalue weighted by atomic mass is 10.2. The van der Waals surface area contributed by atoms with Crippen LogP contribution in [0.25, 0.3) is 0 Å². The number of aliphatic imine (C=N–C) groups is 1. The number of hydrogen-bond donors (Lipinski definition) is 2. The molecule has 0 unspecified atom stereocenters. The van der Waals surface area contributed by atoms with Crippen LogP contribution in [-0.2, 0) is 13.1 Å². The second-order valence-electron chi connectivity index (χ2n) is 5.63. The molecule has 3 N–H and O–H groups in total. The van der Waals surface area contributed by atoms with Gasteiger partial charge >= 0.3 is 0 Å². The number of nitrogens with one attached hydrogen (secondary N) is 1. The summed E-state index contributed by atoms with van der Waals surface area (Å²) in [7, 11) is 7.13. The maximum absolute atomic E-state index is 5.94. The van der Waals surface area contributed by atoms with Crippen molar-refractivity contribution in [2.45, 2.75) is 13.1 Å². The molecule has 0 amide bonds. The van der Waals surface area contributed by atoms with Crippen LogP contribution in [0.1, 0.15) is 11.3 Å². The third kappa shape index (κ3) is 5.27. The summed E-state index contributed by atoms with van der Waals surface area (Å²) >= 11 is 0. The van der Waals surface area contributed by atoms with E-state index in [9.17, 15) is 0 Å². The van der Waals surface area contributed by atoms with E-state index in [0.717, 1.165) is 17.1 Å². The van der Waals surface area contributed by atoms with Gasteiger partial charge in [-0.1, -0.05) is 12.1 Å². The molecule has 1 aromatic heterocycles. The molecule has 1 heterocycles. The quantitative estimate of drug-likeness (QED) is 0.589. The minimum absolute atomic E-state index is 0.367. The highest BCUT2D eigenvalue weighted by Gasteiger charge is 2.04. The van der Waals surface area contributed by atoms with Gasteiger partial charge in [-0.25, -0.2) is 9.98 Å². The lowest BCUT2D eigenvalue weighted by Crippen LogP contribution is -2.31. The molecule has 2 rings (SSSR count). The Morgan fingerprint density at radius 1 is 1.16 bits per heavy atom. The van der Waals surface area contributed by atoms with Crippen molar-refractivity contribution in [3.8, 4) is 11.5 Å². The van der Waals surface area contributed by atoms with Gasteiger partial charge in [0, 0.05) is 14.1 Å². The fraction of sp³-hybridized carbons (Fsp3) is 0.333. The fourth-order valence-electron chi connectivity index (χ4n) is 2.21. The largest absolute Gasteiger partial charge is 0.493 e. The second-order valence-corrected chi connectivity index (χ2v) is 5.63. The van der Waals surface area contributed by atoms with Crippen molar-refractivity contribution in [2.24, 2.45) is 10.7 Å². The van der Waals surface area contributed by atoms with E-state index in [-0.39, 0.29) is 0 Å². The van der Waals surface area contributed by atoms with Gasteiger partial charge < -0.3 is 25.4 Å². The highest BCUT2D eigenvalue weighted by Crippen LogP contribution is 2.27. The van der Waals surface area contributed by atoms with Gasteiger partial charge in [0.15, 0.2) is 17.5 Å². The lowest BCUT2D eigenvalue weighted by molar-refractivity contribution is 0.354. The Morgan fingerprint density at radius 2 is 1.92 bits per heavy atom. The maximum atomic E-state index is 5.94. The number of rotatable bonds is 7. The van der Waals surface area contributed by atoms with Crippen LogP contribution in [0.4, 0.5) is 5.82 Å². The Hall–Kier alpha value is -2.96. The van der Waals surface area contributed by atoms with Crippen LogP contribution in [0.3, 0.4) is 0 Å². The number of aromatic nitrogens is 1. The predicted octanol–water partition coefficient (Wildman–Crippen LogP) is 1.77. The smallest absolute Gasteiger partial charge is 0.189 e. The highest BCUT2D eigenvalue weighted by molar-refractivity contribution is 5.77. The van der Waals surface area contributed by atoms with Crippen molar-refractivity contribution < 1.29 is 9.47 Å². The van der Waals surface area contributed by atoms with Gasteiger partial charge in [0.25, 0.3) is 0 Å². The summed E-state index contributed by atoms with van der Waals surface area (Å²) in [6.07, 6.45) is 0. The normalized spacial score (nSPS) is 11.1. The van der Waals surface area contributed by atoms with Crippen LogP contribution < -0.4 is 25.4 Å². The van der Waals surface area contributed by atoms with Gasteiger partial charge in [0.2, 0.25) is 0 Å². The lowest BCUT2D eigenvalue weighted by Gasteiger charge is -2.12. The minimum Gasteiger partial charge on any atom is -0.493 e. The Balaban J connectivity index is 1.95. The molecule has 134 valence electrons. The van der Waals surface area contributed by atoms with E-state index in [1.807, 2.05) is 55.4 Å². The molecule has 7 heteroatoms. The van der Waals surface area contributed by atoms with Gasteiger partial charge in [-0.15, -0.1) is 0 Å². The Labute approximate surface area is 148 Å². The number of methoxy groups -OCH3 is 2. The Bertz CT molecular complexity index is 731. The molecule has 0 bridgehead atoms. The molecule has 0 saturated heterocycles. The first-order valence-electron chi connectivity index (χ1n) is 7.91. The number of nitrogens with two attached hydrogens (primary N) is 1. The van der Waals surface area contributed by atoms with Gasteiger partial charge in [-0.05, 0) is 29.8 Å². The van der Waals surface area contributed by atoms with Gasteiger partial charge in [0.05, 0.1) is 33.0 Å². The summed E-state index contributed by atoms with van der Waals surface area (Å²) in [4.78, 5) is 10.8. The van der Waals surface area contributed by atoms with Gasteiger partial charge in [0.1, 0.15) is 5.82 Å². The molecule has 0 fully saturated rings. The summed E-state index contributed by atoms with van der Waals surface area (Å²) in [6.45, 7) is 0.966. The van der Waals surface area contributed by atoms with Crippen LogP contribution in [0.5, 0.6) is 11.5 Å². The van der Waals surface area contributed by atoms with Crippen molar-refractivity contribution in [3.05, 3.63) is 47.7 Å². The summed E-state index contributed by atoms with van der Waals surface area (Å²) < 4.78 is 10.5. The summed E-state index contributed by atoms with van der Waals surface area (Å²) in [5, 5.41) is 3.08. The molecular formula is C18H25N5O2. The first-order chi connectivity index (χ1) is 12.0. The molecule has 0 radical (unpaired) electrons. The average molecular weight is 343 g/mol. The standard InChI is InChI=1S/C18H25N5O2/c1-23(2)17-7-5-6-14(22-17)12-21-18(19)20-11-13-8-9-15(24-3)16(10-13)25-4/h5-10H,11-12H2,1-4H3,(H3,19,20,21). The molecule has 2 aromatic rings. The molecular weight excluding hydrogens is 318 g/mol. The molecule has 1 aromatic carbocycles. The maximum Gasteiger partial charge on any atom is 0.189 e. The second kappa shape index (κ2) is 8.77. The van der Waals surface area contributed by atoms with Crippen LogP contribution in [0.2, 0.25) is 0 Å². The number of nitrogens with zero attached hydrogens (tertiary/aromatic N) is 3. The number of pyridine rings is 1. The molecule has 25 heavy (non-hydrogen) atoms. The monoisotopic (exact) mass is 343 g/mol. The fourth-order valence-corrected chi connectivity index (χ4v) is 2.21. The molecule has 0 spiro atoms. The van der Waals surface area contributed by atoms with Crippen LogP contribution in [0.15, 0.2) is 41.4 Å². The van der Waals surface area contributed by atoms with Crippen molar-refractivity contribution in [3.63, 3.8) is 0 Å².